The van der Waals surface area contributed by atoms with E-state index in [1.54, 1.807) is 18.2 Å². The first-order chi connectivity index (χ1) is 9.63. The summed E-state index contributed by atoms with van der Waals surface area (Å²) in [6.07, 6.45) is 2.22. The van der Waals surface area contributed by atoms with Crippen molar-refractivity contribution >= 4 is 23.3 Å². The van der Waals surface area contributed by atoms with Crippen molar-refractivity contribution in [2.45, 2.75) is 12.3 Å². The molecule has 2 atom stereocenters. The van der Waals surface area contributed by atoms with Crippen LogP contribution >= 0.6 is 11.6 Å². The number of amides is 1. The molecule has 2 aromatic rings. The molecule has 1 aliphatic carbocycles. The predicted molar refractivity (Wildman–Crippen MR) is 75.1 cm³/mol. The smallest absolute Gasteiger partial charge is 0.229 e. The highest BCUT2D eigenvalue weighted by atomic mass is 35.5. The third kappa shape index (κ3) is 2.80. The van der Waals surface area contributed by atoms with Crippen LogP contribution in [0.1, 0.15) is 17.9 Å². The van der Waals surface area contributed by atoms with Crippen LogP contribution in [-0.4, -0.2) is 10.9 Å². The molecular weight excluding hydrogens is 279 g/mol. The summed E-state index contributed by atoms with van der Waals surface area (Å²) in [6.45, 7) is 0. The number of hydrogen-bond acceptors (Lipinski definition) is 2. The van der Waals surface area contributed by atoms with E-state index >= 15 is 0 Å². The number of carbonyl (C=O) groups is 1. The third-order valence-corrected chi connectivity index (χ3v) is 3.61. The summed E-state index contributed by atoms with van der Waals surface area (Å²) in [5.41, 5.74) is 0.870. The summed E-state index contributed by atoms with van der Waals surface area (Å²) in [5, 5.41) is 3.26. The number of rotatable bonds is 3. The van der Waals surface area contributed by atoms with Gasteiger partial charge in [0.05, 0.1) is 5.02 Å². The minimum absolute atomic E-state index is 0.0888. The molecular formula is C15H12ClFN2O. The van der Waals surface area contributed by atoms with Crippen molar-refractivity contribution in [2.24, 2.45) is 5.92 Å². The van der Waals surface area contributed by atoms with Crippen LogP contribution in [0.2, 0.25) is 5.02 Å². The lowest BCUT2D eigenvalue weighted by molar-refractivity contribution is -0.117. The van der Waals surface area contributed by atoms with Gasteiger partial charge < -0.3 is 5.32 Å². The van der Waals surface area contributed by atoms with Gasteiger partial charge in [0.2, 0.25) is 5.91 Å². The van der Waals surface area contributed by atoms with Crippen molar-refractivity contribution in [3.63, 3.8) is 0 Å². The molecule has 1 amide bonds. The van der Waals surface area contributed by atoms with Crippen LogP contribution in [0.5, 0.6) is 0 Å². The van der Waals surface area contributed by atoms with E-state index in [0.29, 0.717) is 10.8 Å². The summed E-state index contributed by atoms with van der Waals surface area (Å²) in [6, 6.07) is 9.72. The number of anilines is 1. The van der Waals surface area contributed by atoms with Gasteiger partial charge in [0, 0.05) is 12.1 Å². The van der Waals surface area contributed by atoms with E-state index in [0.717, 1.165) is 12.0 Å². The molecule has 1 saturated carbocycles. The van der Waals surface area contributed by atoms with E-state index in [2.05, 4.69) is 10.3 Å². The standard InChI is InChI=1S/C15H12ClFN2O/c16-10-4-5-14(18-8-10)19-15(20)13-7-12(13)9-2-1-3-11(17)6-9/h1-6,8,12-13H,7H2,(H,18,19,20)/t12-,13-/m0/s1. The van der Waals surface area contributed by atoms with Crippen LogP contribution in [-0.2, 0) is 4.79 Å². The van der Waals surface area contributed by atoms with Gasteiger partial charge in [-0.2, -0.15) is 0 Å². The zero-order valence-electron chi connectivity index (χ0n) is 10.5. The molecule has 1 N–H and O–H groups in total. The van der Waals surface area contributed by atoms with Crippen molar-refractivity contribution in [1.82, 2.24) is 4.98 Å². The van der Waals surface area contributed by atoms with Gasteiger partial charge in [-0.15, -0.1) is 0 Å². The molecule has 102 valence electrons. The van der Waals surface area contributed by atoms with Gasteiger partial charge in [0.25, 0.3) is 0 Å². The van der Waals surface area contributed by atoms with Gasteiger partial charge in [-0.3, -0.25) is 4.79 Å². The van der Waals surface area contributed by atoms with Crippen LogP contribution < -0.4 is 5.32 Å². The molecule has 0 bridgehead atoms. The largest absolute Gasteiger partial charge is 0.310 e. The molecule has 1 aromatic carbocycles. The first kappa shape index (κ1) is 13.1. The summed E-state index contributed by atoms with van der Waals surface area (Å²) in [5.74, 6) is 0.0959. The summed E-state index contributed by atoms with van der Waals surface area (Å²) < 4.78 is 13.1. The van der Waals surface area contributed by atoms with Gasteiger partial charge in [0.15, 0.2) is 0 Å². The number of pyridine rings is 1. The summed E-state index contributed by atoms with van der Waals surface area (Å²) in [7, 11) is 0. The van der Waals surface area contributed by atoms with Crippen LogP contribution in [0.4, 0.5) is 10.2 Å². The molecule has 1 aliphatic rings. The van der Waals surface area contributed by atoms with Crippen LogP contribution in [0, 0.1) is 11.7 Å². The molecule has 5 heteroatoms. The summed E-state index contributed by atoms with van der Waals surface area (Å²) >= 11 is 5.73. The van der Waals surface area contributed by atoms with Crippen molar-refractivity contribution in [1.29, 1.82) is 0 Å². The monoisotopic (exact) mass is 290 g/mol. The summed E-state index contributed by atoms with van der Waals surface area (Å²) in [4.78, 5) is 16.1. The zero-order valence-corrected chi connectivity index (χ0v) is 11.3. The maximum Gasteiger partial charge on any atom is 0.229 e. The number of benzene rings is 1. The SMILES string of the molecule is O=C(Nc1ccc(Cl)cn1)[C@H]1C[C@H]1c1cccc(F)c1. The van der Waals surface area contributed by atoms with E-state index < -0.39 is 0 Å². The first-order valence-corrected chi connectivity index (χ1v) is 6.69. The van der Waals surface area contributed by atoms with E-state index in [1.807, 2.05) is 6.07 Å². The second-order valence-electron chi connectivity index (χ2n) is 4.85. The number of nitrogens with zero attached hydrogens (tertiary/aromatic N) is 1. The molecule has 0 unspecified atom stereocenters. The average Bonchev–Trinajstić information content (AvgIpc) is 3.22. The molecule has 20 heavy (non-hydrogen) atoms. The Morgan fingerprint density at radius 3 is 2.90 bits per heavy atom. The van der Waals surface area contributed by atoms with E-state index in [-0.39, 0.29) is 23.6 Å². The maximum absolute atomic E-state index is 13.1. The quantitative estimate of drug-likeness (QED) is 0.938. The molecule has 0 aliphatic heterocycles. The lowest BCUT2D eigenvalue weighted by atomic mass is 10.1. The number of aromatic nitrogens is 1. The molecule has 1 aromatic heterocycles. The highest BCUT2D eigenvalue weighted by Crippen LogP contribution is 2.48. The Hall–Kier alpha value is -1.94. The molecule has 0 saturated heterocycles. The Labute approximate surface area is 120 Å². The van der Waals surface area contributed by atoms with Gasteiger partial charge in [-0.05, 0) is 42.2 Å². The van der Waals surface area contributed by atoms with Gasteiger partial charge in [0.1, 0.15) is 11.6 Å². The highest BCUT2D eigenvalue weighted by Gasteiger charge is 2.44. The first-order valence-electron chi connectivity index (χ1n) is 6.31. The van der Waals surface area contributed by atoms with Gasteiger partial charge >= 0.3 is 0 Å². The van der Waals surface area contributed by atoms with Crippen molar-refractivity contribution in [3.05, 3.63) is 59.0 Å². The van der Waals surface area contributed by atoms with E-state index in [4.69, 9.17) is 11.6 Å². The fourth-order valence-electron chi connectivity index (χ4n) is 2.26. The Morgan fingerprint density at radius 2 is 2.20 bits per heavy atom. The second kappa shape index (κ2) is 5.21. The molecule has 3 nitrogen and oxygen atoms in total. The van der Waals surface area contributed by atoms with Crippen LogP contribution in [0.25, 0.3) is 0 Å². The molecule has 1 fully saturated rings. The minimum Gasteiger partial charge on any atom is -0.310 e. The van der Waals surface area contributed by atoms with Crippen molar-refractivity contribution < 1.29 is 9.18 Å². The Balaban J connectivity index is 1.64. The van der Waals surface area contributed by atoms with Gasteiger partial charge in [-0.25, -0.2) is 9.37 Å². The number of hydrogen-bond donors (Lipinski definition) is 1. The Bertz CT molecular complexity index is 645. The van der Waals surface area contributed by atoms with Gasteiger partial charge in [-0.1, -0.05) is 23.7 Å². The van der Waals surface area contributed by atoms with E-state index in [9.17, 15) is 9.18 Å². The Morgan fingerprint density at radius 1 is 1.35 bits per heavy atom. The second-order valence-corrected chi connectivity index (χ2v) is 5.29. The third-order valence-electron chi connectivity index (χ3n) is 3.38. The minimum atomic E-state index is -0.270. The maximum atomic E-state index is 13.1. The van der Waals surface area contributed by atoms with Crippen LogP contribution in [0.15, 0.2) is 42.6 Å². The molecule has 0 spiro atoms. The topological polar surface area (TPSA) is 42.0 Å². The fourth-order valence-corrected chi connectivity index (χ4v) is 2.37. The molecule has 1 heterocycles. The number of carbonyl (C=O) groups excluding carboxylic acids is 1. The highest BCUT2D eigenvalue weighted by molar-refractivity contribution is 6.30. The number of nitrogens with one attached hydrogen (secondary N) is 1. The Kier molecular flexibility index (Phi) is 3.40. The zero-order chi connectivity index (χ0) is 14.1. The van der Waals surface area contributed by atoms with Crippen molar-refractivity contribution in [3.8, 4) is 0 Å². The normalized spacial score (nSPS) is 20.5. The number of halogens is 2. The molecule has 3 rings (SSSR count). The molecule has 0 radical (unpaired) electrons. The lowest BCUT2D eigenvalue weighted by Crippen LogP contribution is -2.15. The van der Waals surface area contributed by atoms with E-state index in [1.165, 1.54) is 18.3 Å². The average molecular weight is 291 g/mol. The predicted octanol–water partition coefficient (Wildman–Crippen LogP) is 3.62. The lowest BCUT2D eigenvalue weighted by Gasteiger charge is -2.04. The van der Waals surface area contributed by atoms with Crippen LogP contribution in [0.3, 0.4) is 0 Å². The van der Waals surface area contributed by atoms with Crippen molar-refractivity contribution in [2.75, 3.05) is 5.32 Å². The fraction of sp³-hybridized carbons (Fsp3) is 0.200.